The summed E-state index contributed by atoms with van der Waals surface area (Å²) in [7, 11) is 0. The van der Waals surface area contributed by atoms with Crippen LogP contribution in [-0.4, -0.2) is 25.1 Å². The molecule has 0 spiro atoms. The molecule has 0 aliphatic rings. The standard InChI is InChI=1S/C22H26ClNO4/c1-4-17-8-5-7-15(2)22(17)24-20(25)14-28-21(26)9-6-12-27-18-10-11-19(23)16(3)13-18/h5,7-8,10-11,13H,4,6,9,12,14H2,1-3H3,(H,24,25). The SMILES string of the molecule is CCc1cccc(C)c1NC(=O)COC(=O)CCCOc1ccc(Cl)c(C)c1. The Labute approximate surface area is 171 Å². The Morgan fingerprint density at radius 1 is 1.11 bits per heavy atom. The van der Waals surface area contributed by atoms with Crippen LogP contribution in [0.1, 0.15) is 36.5 Å². The van der Waals surface area contributed by atoms with Gasteiger partial charge in [-0.15, -0.1) is 0 Å². The molecule has 1 N–H and O–H groups in total. The number of ether oxygens (including phenoxy) is 2. The van der Waals surface area contributed by atoms with Crippen LogP contribution in [0.25, 0.3) is 0 Å². The highest BCUT2D eigenvalue weighted by Gasteiger charge is 2.11. The number of carbonyl (C=O) groups is 2. The van der Waals surface area contributed by atoms with Crippen molar-refractivity contribution in [1.29, 1.82) is 0 Å². The van der Waals surface area contributed by atoms with Crippen molar-refractivity contribution in [3.63, 3.8) is 0 Å². The molecule has 0 heterocycles. The van der Waals surface area contributed by atoms with E-state index < -0.39 is 5.97 Å². The molecule has 0 aliphatic heterocycles. The third-order valence-electron chi connectivity index (χ3n) is 4.29. The molecule has 0 fully saturated rings. The largest absolute Gasteiger partial charge is 0.494 e. The lowest BCUT2D eigenvalue weighted by molar-refractivity contribution is -0.147. The van der Waals surface area contributed by atoms with Crippen molar-refractivity contribution in [3.8, 4) is 5.75 Å². The van der Waals surface area contributed by atoms with Gasteiger partial charge in [0.25, 0.3) is 5.91 Å². The summed E-state index contributed by atoms with van der Waals surface area (Å²) in [5.41, 5.74) is 3.75. The maximum atomic E-state index is 12.1. The normalized spacial score (nSPS) is 10.4. The average Bonchev–Trinajstić information content (AvgIpc) is 2.68. The van der Waals surface area contributed by atoms with E-state index in [0.29, 0.717) is 23.8 Å². The highest BCUT2D eigenvalue weighted by Crippen LogP contribution is 2.22. The number of amides is 1. The van der Waals surface area contributed by atoms with Crippen molar-refractivity contribution in [2.45, 2.75) is 40.0 Å². The second kappa shape index (κ2) is 10.7. The Balaban J connectivity index is 1.69. The minimum Gasteiger partial charge on any atom is -0.494 e. The Kier molecular flexibility index (Phi) is 8.33. The number of anilines is 1. The zero-order valence-corrected chi connectivity index (χ0v) is 17.3. The summed E-state index contributed by atoms with van der Waals surface area (Å²) in [5, 5.41) is 3.52. The summed E-state index contributed by atoms with van der Waals surface area (Å²) in [6, 6.07) is 11.3. The molecule has 2 aromatic carbocycles. The van der Waals surface area contributed by atoms with E-state index in [1.165, 1.54) is 0 Å². The van der Waals surface area contributed by atoms with Crippen LogP contribution < -0.4 is 10.1 Å². The van der Waals surface area contributed by atoms with Gasteiger partial charge in [0.05, 0.1) is 6.61 Å². The number of rotatable bonds is 9. The number of hydrogen-bond donors (Lipinski definition) is 1. The van der Waals surface area contributed by atoms with E-state index in [1.807, 2.05) is 45.0 Å². The predicted molar refractivity (Wildman–Crippen MR) is 111 cm³/mol. The molecule has 0 atom stereocenters. The van der Waals surface area contributed by atoms with Gasteiger partial charge in [0, 0.05) is 17.1 Å². The molecule has 0 saturated heterocycles. The lowest BCUT2D eigenvalue weighted by Gasteiger charge is -2.13. The van der Waals surface area contributed by atoms with Gasteiger partial charge >= 0.3 is 5.97 Å². The summed E-state index contributed by atoms with van der Waals surface area (Å²) < 4.78 is 10.6. The second-order valence-corrected chi connectivity index (χ2v) is 6.94. The number of halogens is 1. The number of para-hydroxylation sites is 1. The third kappa shape index (κ3) is 6.57. The van der Waals surface area contributed by atoms with Crippen molar-refractivity contribution in [1.82, 2.24) is 0 Å². The van der Waals surface area contributed by atoms with E-state index in [4.69, 9.17) is 21.1 Å². The molecule has 0 aromatic heterocycles. The predicted octanol–water partition coefficient (Wildman–Crippen LogP) is 4.86. The van der Waals surface area contributed by atoms with Gasteiger partial charge in [-0.1, -0.05) is 36.7 Å². The molecule has 28 heavy (non-hydrogen) atoms. The number of aryl methyl sites for hydroxylation is 3. The quantitative estimate of drug-likeness (QED) is 0.479. The maximum absolute atomic E-state index is 12.1. The van der Waals surface area contributed by atoms with Gasteiger partial charge in [0.15, 0.2) is 6.61 Å². The molecule has 5 nitrogen and oxygen atoms in total. The van der Waals surface area contributed by atoms with E-state index in [-0.39, 0.29) is 18.9 Å². The van der Waals surface area contributed by atoms with Crippen LogP contribution >= 0.6 is 11.6 Å². The summed E-state index contributed by atoms with van der Waals surface area (Å²) in [5.74, 6) is -0.0589. The molecule has 0 bridgehead atoms. The van der Waals surface area contributed by atoms with Crippen LogP contribution in [0.3, 0.4) is 0 Å². The van der Waals surface area contributed by atoms with Gasteiger partial charge in [-0.05, 0) is 61.6 Å². The maximum Gasteiger partial charge on any atom is 0.306 e. The van der Waals surface area contributed by atoms with Gasteiger partial charge in [-0.3, -0.25) is 9.59 Å². The summed E-state index contributed by atoms with van der Waals surface area (Å²) in [6.45, 7) is 5.94. The first-order valence-corrected chi connectivity index (χ1v) is 9.71. The van der Waals surface area contributed by atoms with Gasteiger partial charge in [0.2, 0.25) is 0 Å². The fourth-order valence-corrected chi connectivity index (χ4v) is 2.83. The minimum atomic E-state index is -0.425. The van der Waals surface area contributed by atoms with Crippen molar-refractivity contribution < 1.29 is 19.1 Å². The van der Waals surface area contributed by atoms with Crippen LogP contribution in [0.15, 0.2) is 36.4 Å². The lowest BCUT2D eigenvalue weighted by atomic mass is 10.1. The smallest absolute Gasteiger partial charge is 0.306 e. The van der Waals surface area contributed by atoms with Crippen LogP contribution in [0.2, 0.25) is 5.02 Å². The van der Waals surface area contributed by atoms with Gasteiger partial charge in [-0.25, -0.2) is 0 Å². The van der Waals surface area contributed by atoms with Gasteiger partial charge in [-0.2, -0.15) is 0 Å². The highest BCUT2D eigenvalue weighted by molar-refractivity contribution is 6.31. The molecule has 6 heteroatoms. The topological polar surface area (TPSA) is 64.6 Å². The molecule has 0 aliphatic carbocycles. The summed E-state index contributed by atoms with van der Waals surface area (Å²) in [6.07, 6.45) is 1.49. The number of carbonyl (C=O) groups excluding carboxylic acids is 2. The average molecular weight is 404 g/mol. The Bertz CT molecular complexity index is 835. The number of benzene rings is 2. The number of esters is 1. The van der Waals surface area contributed by atoms with Crippen LogP contribution in [-0.2, 0) is 20.7 Å². The van der Waals surface area contributed by atoms with E-state index in [0.717, 1.165) is 28.8 Å². The van der Waals surface area contributed by atoms with Crippen molar-refractivity contribution >= 4 is 29.2 Å². The van der Waals surface area contributed by atoms with Crippen LogP contribution in [0.5, 0.6) is 5.75 Å². The number of hydrogen-bond acceptors (Lipinski definition) is 4. The Morgan fingerprint density at radius 2 is 1.89 bits per heavy atom. The van der Waals surface area contributed by atoms with Gasteiger partial charge < -0.3 is 14.8 Å². The zero-order chi connectivity index (χ0) is 20.5. The Hall–Kier alpha value is -2.53. The zero-order valence-electron chi connectivity index (χ0n) is 16.5. The molecule has 150 valence electrons. The minimum absolute atomic E-state index is 0.185. The fraction of sp³-hybridized carbons (Fsp3) is 0.364. The van der Waals surface area contributed by atoms with Gasteiger partial charge in [0.1, 0.15) is 5.75 Å². The first-order valence-electron chi connectivity index (χ1n) is 9.33. The van der Waals surface area contributed by atoms with Crippen molar-refractivity contribution in [2.75, 3.05) is 18.5 Å². The van der Waals surface area contributed by atoms with Crippen LogP contribution in [0.4, 0.5) is 5.69 Å². The molecule has 1 amide bonds. The monoisotopic (exact) mass is 403 g/mol. The Morgan fingerprint density at radius 3 is 2.61 bits per heavy atom. The van der Waals surface area contributed by atoms with Crippen molar-refractivity contribution in [3.05, 3.63) is 58.1 Å². The number of nitrogens with one attached hydrogen (secondary N) is 1. The van der Waals surface area contributed by atoms with Crippen molar-refractivity contribution in [2.24, 2.45) is 0 Å². The third-order valence-corrected chi connectivity index (χ3v) is 4.72. The van der Waals surface area contributed by atoms with Crippen LogP contribution in [0, 0.1) is 13.8 Å². The molecule has 0 radical (unpaired) electrons. The fourth-order valence-electron chi connectivity index (χ4n) is 2.71. The first kappa shape index (κ1) is 21.8. The molecule has 2 aromatic rings. The first-order chi connectivity index (χ1) is 13.4. The summed E-state index contributed by atoms with van der Waals surface area (Å²) >= 11 is 5.97. The van der Waals surface area contributed by atoms with E-state index in [1.54, 1.807) is 12.1 Å². The molecule has 0 unspecified atom stereocenters. The van der Waals surface area contributed by atoms with E-state index in [9.17, 15) is 9.59 Å². The van der Waals surface area contributed by atoms with E-state index >= 15 is 0 Å². The molecular weight excluding hydrogens is 378 g/mol. The lowest BCUT2D eigenvalue weighted by Crippen LogP contribution is -2.22. The molecule has 2 rings (SSSR count). The highest BCUT2D eigenvalue weighted by atomic mass is 35.5. The summed E-state index contributed by atoms with van der Waals surface area (Å²) in [4.78, 5) is 23.9. The molecular formula is C22H26ClNO4. The molecule has 0 saturated carbocycles. The van der Waals surface area contributed by atoms with E-state index in [2.05, 4.69) is 5.32 Å². The second-order valence-electron chi connectivity index (χ2n) is 6.53.